The number of halogens is 3. The molecule has 0 saturated heterocycles. The van der Waals surface area contributed by atoms with E-state index in [4.69, 9.17) is 0 Å². The molecule has 1 N–H and O–H groups in total. The Hall–Kier alpha value is -2.83. The number of carbonyl (C=O) groups is 2. The SMILES string of the molecule is COC(=O)c1ccc(C(=O)NCCc2ccc(C(F)(F)F)cc2)cc1. The highest BCUT2D eigenvalue weighted by molar-refractivity contribution is 5.96. The maximum absolute atomic E-state index is 12.5. The molecule has 0 unspecified atom stereocenters. The average Bonchev–Trinajstić information content (AvgIpc) is 2.60. The molecule has 0 saturated carbocycles. The number of amides is 1. The summed E-state index contributed by atoms with van der Waals surface area (Å²) in [5.41, 5.74) is 0.698. The Bertz CT molecular complexity index is 738. The lowest BCUT2D eigenvalue weighted by molar-refractivity contribution is -0.137. The van der Waals surface area contributed by atoms with Crippen LogP contribution in [0.15, 0.2) is 48.5 Å². The first-order chi connectivity index (χ1) is 11.8. The molecule has 2 aromatic carbocycles. The Morgan fingerprint density at radius 3 is 2.04 bits per heavy atom. The second-order valence-corrected chi connectivity index (χ2v) is 5.27. The fourth-order valence-corrected chi connectivity index (χ4v) is 2.16. The standard InChI is InChI=1S/C18H16F3NO3/c1-25-17(24)14-6-4-13(5-7-14)16(23)22-11-10-12-2-8-15(9-3-12)18(19,20)21/h2-9H,10-11H2,1H3,(H,22,23). The van der Waals surface area contributed by atoms with Gasteiger partial charge in [0.05, 0.1) is 18.2 Å². The molecule has 7 heteroatoms. The summed E-state index contributed by atoms with van der Waals surface area (Å²) in [7, 11) is 1.27. The van der Waals surface area contributed by atoms with E-state index < -0.39 is 17.7 Å². The monoisotopic (exact) mass is 351 g/mol. The maximum atomic E-state index is 12.5. The molecule has 0 atom stereocenters. The van der Waals surface area contributed by atoms with Crippen LogP contribution in [-0.2, 0) is 17.3 Å². The third kappa shape index (κ3) is 5.07. The summed E-state index contributed by atoms with van der Waals surface area (Å²) in [6, 6.07) is 10.8. The molecule has 2 rings (SSSR count). The number of methoxy groups -OCH3 is 1. The van der Waals surface area contributed by atoms with Gasteiger partial charge in [-0.1, -0.05) is 12.1 Å². The van der Waals surface area contributed by atoms with Crippen LogP contribution in [0.25, 0.3) is 0 Å². The van der Waals surface area contributed by atoms with Gasteiger partial charge in [-0.2, -0.15) is 13.2 Å². The molecular formula is C18H16F3NO3. The van der Waals surface area contributed by atoms with Crippen molar-refractivity contribution in [2.75, 3.05) is 13.7 Å². The van der Waals surface area contributed by atoms with Gasteiger partial charge in [-0.25, -0.2) is 4.79 Å². The lowest BCUT2D eigenvalue weighted by Crippen LogP contribution is -2.25. The first-order valence-corrected chi connectivity index (χ1v) is 7.44. The molecule has 25 heavy (non-hydrogen) atoms. The van der Waals surface area contributed by atoms with Crippen molar-refractivity contribution in [3.05, 3.63) is 70.8 Å². The van der Waals surface area contributed by atoms with Gasteiger partial charge in [0.15, 0.2) is 0 Å². The molecule has 0 aliphatic heterocycles. The Balaban J connectivity index is 1.87. The van der Waals surface area contributed by atoms with Crippen LogP contribution in [0.1, 0.15) is 31.8 Å². The third-order valence-corrected chi connectivity index (χ3v) is 3.55. The van der Waals surface area contributed by atoms with Gasteiger partial charge in [-0.3, -0.25) is 4.79 Å². The predicted octanol–water partition coefficient (Wildman–Crippen LogP) is 3.46. The summed E-state index contributed by atoms with van der Waals surface area (Å²) in [5.74, 6) is -0.822. The third-order valence-electron chi connectivity index (χ3n) is 3.55. The first kappa shape index (κ1) is 18.5. The number of rotatable bonds is 5. The van der Waals surface area contributed by atoms with Crippen molar-refractivity contribution in [3.8, 4) is 0 Å². The van der Waals surface area contributed by atoms with E-state index in [2.05, 4.69) is 10.1 Å². The molecule has 0 aliphatic carbocycles. The zero-order valence-electron chi connectivity index (χ0n) is 13.4. The normalized spacial score (nSPS) is 11.0. The fourth-order valence-electron chi connectivity index (χ4n) is 2.16. The number of nitrogens with one attached hydrogen (secondary N) is 1. The van der Waals surface area contributed by atoms with Crippen molar-refractivity contribution in [1.82, 2.24) is 5.32 Å². The first-order valence-electron chi connectivity index (χ1n) is 7.44. The molecule has 0 spiro atoms. The van der Waals surface area contributed by atoms with Crippen molar-refractivity contribution < 1.29 is 27.5 Å². The van der Waals surface area contributed by atoms with Gasteiger partial charge in [0.25, 0.3) is 5.91 Å². The molecule has 0 aromatic heterocycles. The van der Waals surface area contributed by atoms with Crippen molar-refractivity contribution in [3.63, 3.8) is 0 Å². The minimum Gasteiger partial charge on any atom is -0.465 e. The topological polar surface area (TPSA) is 55.4 Å². The van der Waals surface area contributed by atoms with E-state index in [9.17, 15) is 22.8 Å². The molecule has 2 aromatic rings. The molecular weight excluding hydrogens is 335 g/mol. The zero-order valence-corrected chi connectivity index (χ0v) is 13.4. The summed E-state index contributed by atoms with van der Waals surface area (Å²) in [4.78, 5) is 23.3. The van der Waals surface area contributed by atoms with E-state index >= 15 is 0 Å². The number of alkyl halides is 3. The Morgan fingerprint density at radius 2 is 1.52 bits per heavy atom. The lowest BCUT2D eigenvalue weighted by Gasteiger charge is -2.08. The van der Waals surface area contributed by atoms with Gasteiger partial charge in [0.2, 0.25) is 0 Å². The number of carbonyl (C=O) groups excluding carboxylic acids is 2. The number of hydrogen-bond donors (Lipinski definition) is 1. The van der Waals surface area contributed by atoms with Crippen LogP contribution in [0.4, 0.5) is 13.2 Å². The zero-order chi connectivity index (χ0) is 18.4. The summed E-state index contributed by atoms with van der Waals surface area (Å²) < 4.78 is 42.0. The molecule has 1 amide bonds. The summed E-state index contributed by atoms with van der Waals surface area (Å²) in [6.45, 7) is 0.281. The Kier molecular flexibility index (Phi) is 5.80. The molecule has 0 bridgehead atoms. The van der Waals surface area contributed by atoms with E-state index in [0.29, 0.717) is 23.1 Å². The minimum atomic E-state index is -4.36. The van der Waals surface area contributed by atoms with Gasteiger partial charge in [-0.05, 0) is 48.4 Å². The second kappa shape index (κ2) is 7.83. The van der Waals surface area contributed by atoms with Crippen molar-refractivity contribution in [2.45, 2.75) is 12.6 Å². The van der Waals surface area contributed by atoms with E-state index in [0.717, 1.165) is 12.1 Å². The van der Waals surface area contributed by atoms with Gasteiger partial charge in [-0.15, -0.1) is 0 Å². The van der Waals surface area contributed by atoms with Crippen molar-refractivity contribution in [2.24, 2.45) is 0 Å². The molecule has 0 fully saturated rings. The quantitative estimate of drug-likeness (QED) is 0.840. The van der Waals surface area contributed by atoms with Crippen LogP contribution in [0.2, 0.25) is 0 Å². The van der Waals surface area contributed by atoms with E-state index in [-0.39, 0.29) is 12.5 Å². The number of ether oxygens (including phenoxy) is 1. The van der Waals surface area contributed by atoms with Crippen LogP contribution in [0.5, 0.6) is 0 Å². The van der Waals surface area contributed by atoms with E-state index in [1.54, 1.807) is 0 Å². The smallest absolute Gasteiger partial charge is 0.416 e. The minimum absolute atomic E-state index is 0.281. The highest BCUT2D eigenvalue weighted by atomic mass is 19.4. The maximum Gasteiger partial charge on any atom is 0.416 e. The Morgan fingerprint density at radius 1 is 0.960 bits per heavy atom. The molecule has 132 valence electrons. The fraction of sp³-hybridized carbons (Fsp3) is 0.222. The van der Waals surface area contributed by atoms with Crippen LogP contribution in [0.3, 0.4) is 0 Å². The second-order valence-electron chi connectivity index (χ2n) is 5.27. The predicted molar refractivity (Wildman–Crippen MR) is 85.3 cm³/mol. The highest BCUT2D eigenvalue weighted by Crippen LogP contribution is 2.29. The van der Waals surface area contributed by atoms with E-state index in [1.165, 1.54) is 43.5 Å². The number of esters is 1. The van der Waals surface area contributed by atoms with Crippen molar-refractivity contribution >= 4 is 11.9 Å². The largest absolute Gasteiger partial charge is 0.465 e. The molecule has 4 nitrogen and oxygen atoms in total. The molecule has 0 radical (unpaired) electrons. The lowest BCUT2D eigenvalue weighted by atomic mass is 10.1. The van der Waals surface area contributed by atoms with Gasteiger partial charge < -0.3 is 10.1 Å². The summed E-state index contributed by atoms with van der Waals surface area (Å²) in [6.07, 6.45) is -3.95. The Labute approximate surface area is 142 Å². The van der Waals surface area contributed by atoms with Crippen LogP contribution in [0, 0.1) is 0 Å². The summed E-state index contributed by atoms with van der Waals surface area (Å²) >= 11 is 0. The van der Waals surface area contributed by atoms with Gasteiger partial charge >= 0.3 is 12.1 Å². The van der Waals surface area contributed by atoms with Crippen LogP contribution < -0.4 is 5.32 Å². The molecule has 0 aliphatic rings. The van der Waals surface area contributed by atoms with Gasteiger partial charge in [0, 0.05) is 12.1 Å². The van der Waals surface area contributed by atoms with Crippen LogP contribution in [-0.4, -0.2) is 25.5 Å². The van der Waals surface area contributed by atoms with Crippen LogP contribution >= 0.6 is 0 Å². The van der Waals surface area contributed by atoms with E-state index in [1.807, 2.05) is 0 Å². The van der Waals surface area contributed by atoms with Gasteiger partial charge in [0.1, 0.15) is 0 Å². The van der Waals surface area contributed by atoms with Crippen molar-refractivity contribution in [1.29, 1.82) is 0 Å². The molecule has 0 heterocycles. The average molecular weight is 351 g/mol. The number of hydrogen-bond acceptors (Lipinski definition) is 3. The highest BCUT2D eigenvalue weighted by Gasteiger charge is 2.29. The summed E-state index contributed by atoms with van der Waals surface area (Å²) in [5, 5.41) is 2.68. The number of benzene rings is 2.